The van der Waals surface area contributed by atoms with Crippen LogP contribution in [-0.2, 0) is 4.74 Å². The average Bonchev–Trinajstić information content (AvgIpc) is 2.76. The molecule has 174 valence electrons. The first-order valence-electron chi connectivity index (χ1n) is 11.1. The molecule has 0 unspecified atom stereocenters. The molecule has 1 aliphatic heterocycles. The van der Waals surface area contributed by atoms with Gasteiger partial charge in [-0.05, 0) is 76.8 Å². The van der Waals surface area contributed by atoms with Crippen LogP contribution < -0.4 is 0 Å². The second-order valence-corrected chi connectivity index (χ2v) is 9.63. The molecule has 1 aromatic carbocycles. The SMILES string of the molecule is Cc1cc(O)c(-c2ccc3ncc([C@@H]4CCCN(C(=O)OC(C)(C)C)C4)nc3n2)c(C)c1F. The molecule has 8 heteroatoms. The molecule has 1 saturated heterocycles. The Labute approximate surface area is 192 Å². The maximum atomic E-state index is 14.5. The number of aromatic hydroxyl groups is 1. The Morgan fingerprint density at radius 2 is 2.00 bits per heavy atom. The van der Waals surface area contributed by atoms with E-state index in [9.17, 15) is 14.3 Å². The standard InChI is InChI=1S/C25H29FN4O3/c1-14-11-20(31)21(15(2)22(14)26)17-8-9-18-23(28-17)29-19(12-27-18)16-7-6-10-30(13-16)24(32)33-25(3,4)5/h8-9,11-12,16,31H,6-7,10,13H2,1-5H3/t16-/m1/s1. The first-order valence-corrected chi connectivity index (χ1v) is 11.1. The van der Waals surface area contributed by atoms with Gasteiger partial charge in [0.2, 0.25) is 0 Å². The van der Waals surface area contributed by atoms with Gasteiger partial charge in [-0.3, -0.25) is 4.98 Å². The monoisotopic (exact) mass is 452 g/mol. The van der Waals surface area contributed by atoms with E-state index in [1.807, 2.05) is 20.8 Å². The van der Waals surface area contributed by atoms with E-state index in [1.165, 1.54) is 6.07 Å². The van der Waals surface area contributed by atoms with Crippen molar-refractivity contribution in [2.24, 2.45) is 0 Å². The minimum atomic E-state index is -0.549. The number of amides is 1. The van der Waals surface area contributed by atoms with E-state index in [0.717, 1.165) is 18.5 Å². The van der Waals surface area contributed by atoms with Crippen molar-refractivity contribution >= 4 is 17.3 Å². The lowest BCUT2D eigenvalue weighted by molar-refractivity contribution is 0.0197. The third-order valence-electron chi connectivity index (χ3n) is 5.83. The molecule has 7 nitrogen and oxygen atoms in total. The lowest BCUT2D eigenvalue weighted by atomic mass is 9.95. The molecule has 0 aliphatic carbocycles. The molecule has 1 aliphatic rings. The van der Waals surface area contributed by atoms with Gasteiger partial charge in [0.25, 0.3) is 0 Å². The van der Waals surface area contributed by atoms with Crippen LogP contribution in [-0.4, -0.2) is 49.7 Å². The highest BCUT2D eigenvalue weighted by Crippen LogP contribution is 2.35. The van der Waals surface area contributed by atoms with Gasteiger partial charge < -0.3 is 14.7 Å². The highest BCUT2D eigenvalue weighted by atomic mass is 19.1. The maximum Gasteiger partial charge on any atom is 0.410 e. The number of fused-ring (bicyclic) bond motifs is 1. The number of phenols is 1. The Bertz CT molecular complexity index is 1220. The highest BCUT2D eigenvalue weighted by Gasteiger charge is 2.29. The molecular formula is C25H29FN4O3. The third kappa shape index (κ3) is 4.74. The summed E-state index contributed by atoms with van der Waals surface area (Å²) in [7, 11) is 0. The second kappa shape index (κ2) is 8.57. The van der Waals surface area contributed by atoms with E-state index in [4.69, 9.17) is 9.72 Å². The molecule has 0 spiro atoms. The third-order valence-corrected chi connectivity index (χ3v) is 5.83. The van der Waals surface area contributed by atoms with E-state index >= 15 is 0 Å². The van der Waals surface area contributed by atoms with E-state index in [1.54, 1.807) is 37.1 Å². The molecular weight excluding hydrogens is 423 g/mol. The minimum absolute atomic E-state index is 0.0144. The van der Waals surface area contributed by atoms with Gasteiger partial charge in [0.05, 0.1) is 11.4 Å². The molecule has 1 atom stereocenters. The summed E-state index contributed by atoms with van der Waals surface area (Å²) in [6.45, 7) is 9.93. The number of rotatable bonds is 2. The first kappa shape index (κ1) is 22.9. The molecule has 2 aromatic heterocycles. The number of carbonyl (C=O) groups is 1. The van der Waals surface area contributed by atoms with Crippen molar-refractivity contribution in [1.29, 1.82) is 0 Å². The van der Waals surface area contributed by atoms with Crippen LogP contribution in [0, 0.1) is 19.7 Å². The van der Waals surface area contributed by atoms with Crippen LogP contribution in [0.3, 0.4) is 0 Å². The Morgan fingerprint density at radius 1 is 1.24 bits per heavy atom. The zero-order valence-electron chi connectivity index (χ0n) is 19.6. The Kier molecular flexibility index (Phi) is 5.95. The summed E-state index contributed by atoms with van der Waals surface area (Å²) in [5.41, 5.74) is 2.71. The van der Waals surface area contributed by atoms with Crippen molar-refractivity contribution in [1.82, 2.24) is 19.9 Å². The van der Waals surface area contributed by atoms with Crippen molar-refractivity contribution in [3.63, 3.8) is 0 Å². The lowest BCUT2D eigenvalue weighted by Gasteiger charge is -2.33. The fraction of sp³-hybridized carbons (Fsp3) is 0.440. The Balaban J connectivity index is 1.65. The molecule has 1 amide bonds. The molecule has 3 heterocycles. The zero-order valence-corrected chi connectivity index (χ0v) is 19.6. The molecule has 0 saturated carbocycles. The van der Waals surface area contributed by atoms with Crippen LogP contribution in [0.25, 0.3) is 22.4 Å². The molecule has 33 heavy (non-hydrogen) atoms. The first-order chi connectivity index (χ1) is 15.5. The summed E-state index contributed by atoms with van der Waals surface area (Å²) in [5.74, 6) is -0.378. The van der Waals surface area contributed by atoms with Crippen molar-refractivity contribution in [2.75, 3.05) is 13.1 Å². The number of aromatic nitrogens is 3. The van der Waals surface area contributed by atoms with Gasteiger partial charge in [0.1, 0.15) is 22.7 Å². The molecule has 4 rings (SSSR count). The van der Waals surface area contributed by atoms with Gasteiger partial charge in [0.15, 0.2) is 5.65 Å². The van der Waals surface area contributed by atoms with Crippen molar-refractivity contribution < 1.29 is 19.0 Å². The summed E-state index contributed by atoms with van der Waals surface area (Å²) >= 11 is 0. The molecule has 3 aromatic rings. The average molecular weight is 453 g/mol. The smallest absolute Gasteiger partial charge is 0.410 e. The van der Waals surface area contributed by atoms with Gasteiger partial charge in [-0.1, -0.05) is 0 Å². The number of ether oxygens (including phenoxy) is 1. The minimum Gasteiger partial charge on any atom is -0.507 e. The normalized spacial score (nSPS) is 16.8. The van der Waals surface area contributed by atoms with Crippen LogP contribution in [0.15, 0.2) is 24.4 Å². The number of pyridine rings is 1. The fourth-order valence-corrected chi connectivity index (χ4v) is 4.22. The molecule has 1 N–H and O–H groups in total. The van der Waals surface area contributed by atoms with E-state index < -0.39 is 5.60 Å². The van der Waals surface area contributed by atoms with E-state index in [0.29, 0.717) is 46.6 Å². The Hall–Kier alpha value is -3.29. The number of hydrogen-bond donors (Lipinski definition) is 1. The fourth-order valence-electron chi connectivity index (χ4n) is 4.22. The van der Waals surface area contributed by atoms with Gasteiger partial charge in [-0.25, -0.2) is 19.2 Å². The van der Waals surface area contributed by atoms with Crippen LogP contribution in [0.2, 0.25) is 0 Å². The van der Waals surface area contributed by atoms with Crippen LogP contribution in [0.5, 0.6) is 5.75 Å². The molecule has 0 bridgehead atoms. The zero-order chi connectivity index (χ0) is 23.9. The van der Waals surface area contributed by atoms with Gasteiger partial charge in [0, 0.05) is 30.8 Å². The number of benzene rings is 1. The van der Waals surface area contributed by atoms with Crippen LogP contribution in [0.4, 0.5) is 9.18 Å². The number of piperidine rings is 1. The summed E-state index contributed by atoms with van der Waals surface area (Å²) in [5, 5.41) is 10.5. The summed E-state index contributed by atoms with van der Waals surface area (Å²) in [4.78, 5) is 28.1. The number of phenolic OH excluding ortho intramolecular Hbond substituents is 1. The van der Waals surface area contributed by atoms with Gasteiger partial charge >= 0.3 is 6.09 Å². The van der Waals surface area contributed by atoms with Crippen molar-refractivity contribution in [2.45, 2.75) is 59.0 Å². The predicted octanol–water partition coefficient (Wildman–Crippen LogP) is 5.27. The lowest BCUT2D eigenvalue weighted by Crippen LogP contribution is -2.42. The number of halogens is 1. The van der Waals surface area contributed by atoms with Crippen LogP contribution in [0.1, 0.15) is 56.4 Å². The quantitative estimate of drug-likeness (QED) is 0.570. The number of hydrogen-bond acceptors (Lipinski definition) is 6. The molecule has 0 radical (unpaired) electrons. The number of aryl methyl sites for hydroxylation is 1. The summed E-state index contributed by atoms with van der Waals surface area (Å²) < 4.78 is 20.0. The Morgan fingerprint density at radius 3 is 2.73 bits per heavy atom. The highest BCUT2D eigenvalue weighted by molar-refractivity contribution is 5.78. The van der Waals surface area contributed by atoms with E-state index in [-0.39, 0.29) is 23.6 Å². The number of likely N-dealkylation sites (tertiary alicyclic amines) is 1. The maximum absolute atomic E-state index is 14.5. The predicted molar refractivity (Wildman–Crippen MR) is 124 cm³/mol. The van der Waals surface area contributed by atoms with Crippen molar-refractivity contribution in [3.8, 4) is 17.0 Å². The largest absolute Gasteiger partial charge is 0.507 e. The number of carbonyl (C=O) groups excluding carboxylic acids is 1. The summed E-state index contributed by atoms with van der Waals surface area (Å²) in [6.07, 6.45) is 3.12. The van der Waals surface area contributed by atoms with E-state index in [2.05, 4.69) is 9.97 Å². The summed E-state index contributed by atoms with van der Waals surface area (Å²) in [6, 6.07) is 4.87. The number of nitrogens with zero attached hydrogens (tertiary/aromatic N) is 4. The van der Waals surface area contributed by atoms with Gasteiger partial charge in [-0.15, -0.1) is 0 Å². The van der Waals surface area contributed by atoms with Gasteiger partial charge in [-0.2, -0.15) is 0 Å². The molecule has 1 fully saturated rings. The topological polar surface area (TPSA) is 88.4 Å². The van der Waals surface area contributed by atoms with Crippen molar-refractivity contribution in [3.05, 3.63) is 47.0 Å². The van der Waals surface area contributed by atoms with Crippen LogP contribution >= 0.6 is 0 Å². The second-order valence-electron chi connectivity index (χ2n) is 9.63.